The van der Waals surface area contributed by atoms with Crippen molar-refractivity contribution < 1.29 is 9.13 Å². The van der Waals surface area contributed by atoms with E-state index in [1.165, 1.54) is 24.3 Å². The summed E-state index contributed by atoms with van der Waals surface area (Å²) in [5, 5.41) is 13.0. The molecule has 0 radical (unpaired) electrons. The summed E-state index contributed by atoms with van der Waals surface area (Å²) in [7, 11) is 0. The fourth-order valence-electron chi connectivity index (χ4n) is 3.00. The van der Waals surface area contributed by atoms with Gasteiger partial charge in [0.2, 0.25) is 5.69 Å². The number of nitriles is 1. The first-order chi connectivity index (χ1) is 13.1. The predicted molar refractivity (Wildman–Crippen MR) is 93.5 cm³/mol. The van der Waals surface area contributed by atoms with Crippen LogP contribution in [0.25, 0.3) is 5.69 Å². The van der Waals surface area contributed by atoms with Crippen LogP contribution in [0, 0.1) is 17.1 Å². The first kappa shape index (κ1) is 16.7. The van der Waals surface area contributed by atoms with Crippen LogP contribution in [-0.2, 0) is 13.0 Å². The Bertz CT molecular complexity index is 1190. The minimum absolute atomic E-state index is 0.0106. The molecular weight excluding hydrogens is 351 g/mol. The third-order valence-corrected chi connectivity index (χ3v) is 4.33. The van der Waals surface area contributed by atoms with E-state index in [1.54, 1.807) is 18.2 Å². The molecule has 0 N–H and O–H groups in total. The Kier molecular flexibility index (Phi) is 4.05. The summed E-state index contributed by atoms with van der Waals surface area (Å²) >= 11 is 0. The molecule has 4 rings (SSSR count). The van der Waals surface area contributed by atoms with Gasteiger partial charge in [-0.15, -0.1) is 5.10 Å². The van der Waals surface area contributed by atoms with Crippen molar-refractivity contribution in [2.24, 2.45) is 0 Å². The lowest BCUT2D eigenvalue weighted by molar-refractivity contribution is 0.357. The van der Waals surface area contributed by atoms with Crippen LogP contribution in [0.2, 0.25) is 0 Å². The molecule has 0 bridgehead atoms. The Hall–Kier alpha value is -3.73. The lowest BCUT2D eigenvalue weighted by Crippen LogP contribution is -2.42. The molecule has 1 aromatic heterocycles. The van der Waals surface area contributed by atoms with E-state index >= 15 is 0 Å². The maximum Gasteiger partial charge on any atom is 0.352 e. The molecular formula is C19H13FN4O3. The number of benzene rings is 2. The molecule has 0 unspecified atom stereocenters. The van der Waals surface area contributed by atoms with Gasteiger partial charge in [0.05, 0.1) is 18.8 Å². The summed E-state index contributed by atoms with van der Waals surface area (Å²) < 4.78 is 20.5. The minimum Gasteiger partial charge on any atom is -0.493 e. The van der Waals surface area contributed by atoms with Crippen molar-refractivity contribution in [1.82, 2.24) is 14.3 Å². The fraction of sp³-hybridized carbons (Fsp3) is 0.158. The van der Waals surface area contributed by atoms with Crippen molar-refractivity contribution >= 4 is 0 Å². The van der Waals surface area contributed by atoms with E-state index in [-0.39, 0.29) is 12.2 Å². The van der Waals surface area contributed by atoms with Gasteiger partial charge in [0.1, 0.15) is 17.6 Å². The molecule has 0 atom stereocenters. The summed E-state index contributed by atoms with van der Waals surface area (Å²) in [6.45, 7) is 0.591. The van der Waals surface area contributed by atoms with Crippen LogP contribution in [0.5, 0.6) is 5.75 Å². The van der Waals surface area contributed by atoms with Crippen LogP contribution in [0.15, 0.2) is 52.1 Å². The molecule has 3 aromatic rings. The summed E-state index contributed by atoms with van der Waals surface area (Å²) in [4.78, 5) is 25.3. The second kappa shape index (κ2) is 6.53. The Morgan fingerprint density at radius 2 is 1.96 bits per heavy atom. The largest absolute Gasteiger partial charge is 0.493 e. The maximum atomic E-state index is 13.2. The van der Waals surface area contributed by atoms with Gasteiger partial charge in [-0.2, -0.15) is 9.94 Å². The number of rotatable bonds is 3. The zero-order valence-corrected chi connectivity index (χ0v) is 14.1. The number of aromatic nitrogens is 3. The topological polar surface area (TPSA) is 89.9 Å². The monoisotopic (exact) mass is 364 g/mol. The molecule has 2 heterocycles. The fourth-order valence-corrected chi connectivity index (χ4v) is 3.00. The van der Waals surface area contributed by atoms with Crippen LogP contribution in [0.1, 0.15) is 16.8 Å². The molecule has 0 fully saturated rings. The molecule has 1 aliphatic rings. The maximum absolute atomic E-state index is 13.2. The van der Waals surface area contributed by atoms with Gasteiger partial charge in [0.15, 0.2) is 0 Å². The summed E-state index contributed by atoms with van der Waals surface area (Å²) in [5.74, 6) is 0.322. The lowest BCUT2D eigenvalue weighted by atomic mass is 10.1. The minimum atomic E-state index is -0.766. The van der Waals surface area contributed by atoms with Gasteiger partial charge in [-0.1, -0.05) is 12.1 Å². The lowest BCUT2D eigenvalue weighted by Gasteiger charge is -2.10. The summed E-state index contributed by atoms with van der Waals surface area (Å²) in [5.41, 5.74) is 0.116. The van der Waals surface area contributed by atoms with E-state index in [1.807, 2.05) is 6.07 Å². The molecule has 27 heavy (non-hydrogen) atoms. The summed E-state index contributed by atoms with van der Waals surface area (Å²) in [6.07, 6.45) is 0.762. The third kappa shape index (κ3) is 3.00. The molecule has 7 nitrogen and oxygen atoms in total. The number of hydrogen-bond donors (Lipinski definition) is 0. The van der Waals surface area contributed by atoms with Gasteiger partial charge in [-0.25, -0.2) is 9.18 Å². The smallest absolute Gasteiger partial charge is 0.352 e. The normalized spacial score (nSPS) is 12.3. The van der Waals surface area contributed by atoms with E-state index in [9.17, 15) is 19.2 Å². The highest BCUT2D eigenvalue weighted by Gasteiger charge is 2.17. The quantitative estimate of drug-likeness (QED) is 0.701. The van der Waals surface area contributed by atoms with Crippen LogP contribution in [-0.4, -0.2) is 21.0 Å². The number of halogens is 1. The average Bonchev–Trinajstić information content (AvgIpc) is 3.14. The molecule has 0 amide bonds. The number of nitrogens with zero attached hydrogens (tertiary/aromatic N) is 4. The highest BCUT2D eigenvalue weighted by atomic mass is 19.1. The van der Waals surface area contributed by atoms with Gasteiger partial charge >= 0.3 is 5.69 Å². The molecule has 0 spiro atoms. The van der Waals surface area contributed by atoms with E-state index < -0.39 is 22.8 Å². The van der Waals surface area contributed by atoms with Crippen LogP contribution >= 0.6 is 0 Å². The number of fused-ring (bicyclic) bond motifs is 1. The first-order valence-corrected chi connectivity index (χ1v) is 8.21. The van der Waals surface area contributed by atoms with E-state index in [2.05, 4.69) is 5.10 Å². The second-order valence-corrected chi connectivity index (χ2v) is 6.06. The van der Waals surface area contributed by atoms with Crippen molar-refractivity contribution in [2.45, 2.75) is 13.0 Å². The van der Waals surface area contributed by atoms with Crippen LogP contribution in [0.3, 0.4) is 0 Å². The van der Waals surface area contributed by atoms with Gasteiger partial charge in [0.25, 0.3) is 5.56 Å². The Morgan fingerprint density at radius 1 is 1.19 bits per heavy atom. The zero-order valence-electron chi connectivity index (χ0n) is 14.1. The Labute approximate surface area is 152 Å². The van der Waals surface area contributed by atoms with Crippen molar-refractivity contribution in [2.75, 3.05) is 6.61 Å². The van der Waals surface area contributed by atoms with Gasteiger partial charge < -0.3 is 4.74 Å². The molecule has 1 aliphatic heterocycles. The van der Waals surface area contributed by atoms with Crippen LogP contribution < -0.4 is 16.0 Å². The first-order valence-electron chi connectivity index (χ1n) is 8.21. The van der Waals surface area contributed by atoms with Crippen LogP contribution in [0.4, 0.5) is 4.39 Å². The van der Waals surface area contributed by atoms with Gasteiger partial charge in [0, 0.05) is 6.42 Å². The molecule has 0 aliphatic carbocycles. The molecule has 134 valence electrons. The predicted octanol–water partition coefficient (Wildman–Crippen LogP) is 1.39. The van der Waals surface area contributed by atoms with Crippen molar-refractivity contribution in [3.63, 3.8) is 0 Å². The van der Waals surface area contributed by atoms with Gasteiger partial charge in [-0.3, -0.25) is 9.36 Å². The highest BCUT2D eigenvalue weighted by molar-refractivity contribution is 5.40. The van der Waals surface area contributed by atoms with Crippen molar-refractivity contribution in [3.05, 3.63) is 85.9 Å². The molecule has 2 aromatic carbocycles. The molecule has 0 saturated heterocycles. The SMILES string of the molecule is N#Cc1nn(-c2ccc(F)cc2)c(=O)n(Cc2ccc3c(c2)CCO3)c1=O. The zero-order chi connectivity index (χ0) is 19.0. The van der Waals surface area contributed by atoms with Crippen molar-refractivity contribution in [1.29, 1.82) is 5.26 Å². The number of hydrogen-bond acceptors (Lipinski definition) is 5. The Morgan fingerprint density at radius 3 is 2.70 bits per heavy atom. The van der Waals surface area contributed by atoms with Gasteiger partial charge in [-0.05, 0) is 41.5 Å². The third-order valence-electron chi connectivity index (χ3n) is 4.33. The van der Waals surface area contributed by atoms with Crippen molar-refractivity contribution in [3.8, 4) is 17.5 Å². The Balaban J connectivity index is 1.83. The molecule has 0 saturated carbocycles. The molecule has 8 heteroatoms. The van der Waals surface area contributed by atoms with E-state index in [0.717, 1.165) is 32.5 Å². The number of ether oxygens (including phenoxy) is 1. The van der Waals surface area contributed by atoms with E-state index in [4.69, 9.17) is 4.74 Å². The standard InChI is InChI=1S/C19H13FN4O3/c20-14-2-4-15(5-3-14)24-19(26)23(18(25)16(10-21)22-24)11-12-1-6-17-13(9-12)7-8-27-17/h1-6,9H,7-8,11H2. The van der Waals surface area contributed by atoms with E-state index in [0.29, 0.717) is 6.61 Å². The second-order valence-electron chi connectivity index (χ2n) is 6.06. The highest BCUT2D eigenvalue weighted by Crippen LogP contribution is 2.25. The average molecular weight is 364 g/mol. The summed E-state index contributed by atoms with van der Waals surface area (Å²) in [6, 6.07) is 12.2.